The largest absolute Gasteiger partial charge is 0.462 e. The second-order valence-corrected chi connectivity index (χ2v) is 10.9. The van der Waals surface area contributed by atoms with Crippen LogP contribution in [-0.4, -0.2) is 36.0 Å². The number of aryl methyl sites for hydroxylation is 1. The van der Waals surface area contributed by atoms with Crippen molar-refractivity contribution in [2.24, 2.45) is 0 Å². The van der Waals surface area contributed by atoms with Gasteiger partial charge in [0.2, 0.25) is 5.89 Å². The summed E-state index contributed by atoms with van der Waals surface area (Å²) in [6.45, 7) is 1.49. The average molecular weight is 569 g/mol. The molecule has 2 heterocycles. The lowest BCUT2D eigenvalue weighted by molar-refractivity contribution is -0.119. The maximum Gasteiger partial charge on any atom is 0.341 e. The molecule has 0 saturated carbocycles. The van der Waals surface area contributed by atoms with Gasteiger partial charge in [-0.2, -0.15) is 0 Å². The highest BCUT2D eigenvalue weighted by atomic mass is 32.1. The number of hydrogen-bond acceptors (Lipinski definition) is 8. The lowest BCUT2D eigenvalue weighted by Gasteiger charge is -2.11. The van der Waals surface area contributed by atoms with Crippen LogP contribution in [0, 0.1) is 0 Å². The van der Waals surface area contributed by atoms with Gasteiger partial charge in [0.1, 0.15) is 10.5 Å². The van der Waals surface area contributed by atoms with Gasteiger partial charge in [-0.15, -0.1) is 11.3 Å². The highest BCUT2D eigenvalue weighted by molar-refractivity contribution is 7.17. The molecule has 5 aromatic rings. The molecule has 2 aromatic heterocycles. The molecule has 0 atom stereocenters. The Balaban J connectivity index is 1.24. The number of benzene rings is 3. The molecule has 1 amide bonds. The van der Waals surface area contributed by atoms with Crippen molar-refractivity contribution < 1.29 is 28.3 Å². The van der Waals surface area contributed by atoms with Crippen LogP contribution in [0.4, 0.5) is 5.00 Å². The van der Waals surface area contributed by atoms with E-state index >= 15 is 0 Å². The molecule has 0 unspecified atom stereocenters. The number of ether oxygens (including phenoxy) is 2. The number of esters is 2. The first kappa shape index (κ1) is 26.7. The normalized spacial score (nSPS) is 13.0. The molecule has 8 nitrogen and oxygen atoms in total. The molecule has 6 rings (SSSR count). The lowest BCUT2D eigenvalue weighted by atomic mass is 9.99. The first-order valence-electron chi connectivity index (χ1n) is 13.7. The number of amides is 1. The van der Waals surface area contributed by atoms with Crippen molar-refractivity contribution in [3.05, 3.63) is 82.2 Å². The Bertz CT molecular complexity index is 1750. The first-order chi connectivity index (χ1) is 20.0. The number of carbonyl (C=O) groups is 3. The zero-order valence-corrected chi connectivity index (χ0v) is 23.3. The average Bonchev–Trinajstić information content (AvgIpc) is 3.48. The summed E-state index contributed by atoms with van der Waals surface area (Å²) in [5.74, 6) is -1.23. The molecule has 3 aromatic carbocycles. The van der Waals surface area contributed by atoms with Crippen molar-refractivity contribution in [3.63, 3.8) is 0 Å². The Labute approximate surface area is 240 Å². The number of rotatable bonds is 7. The van der Waals surface area contributed by atoms with Gasteiger partial charge in [0, 0.05) is 15.8 Å². The van der Waals surface area contributed by atoms with Gasteiger partial charge in [0.25, 0.3) is 5.91 Å². The molecule has 1 N–H and O–H groups in total. The van der Waals surface area contributed by atoms with Crippen molar-refractivity contribution in [2.45, 2.75) is 39.0 Å². The number of carbonyl (C=O) groups excluding carboxylic acids is 3. The number of thiophene rings is 1. The topological polar surface area (TPSA) is 108 Å². The summed E-state index contributed by atoms with van der Waals surface area (Å²) >= 11 is 1.40. The molecule has 0 spiro atoms. The third kappa shape index (κ3) is 5.32. The van der Waals surface area contributed by atoms with E-state index in [-0.39, 0.29) is 6.61 Å². The highest BCUT2D eigenvalue weighted by Crippen LogP contribution is 2.38. The Kier molecular flexibility index (Phi) is 7.52. The minimum atomic E-state index is -0.651. The van der Waals surface area contributed by atoms with E-state index in [1.165, 1.54) is 11.3 Å². The van der Waals surface area contributed by atoms with Gasteiger partial charge in [0.05, 0.1) is 17.7 Å². The molecule has 0 radical (unpaired) electrons. The molecule has 9 heteroatoms. The van der Waals surface area contributed by atoms with Gasteiger partial charge < -0.3 is 19.2 Å². The Hall–Kier alpha value is -4.50. The predicted molar refractivity (Wildman–Crippen MR) is 157 cm³/mol. The molecular weight excluding hydrogens is 540 g/mol. The van der Waals surface area contributed by atoms with E-state index in [4.69, 9.17) is 13.9 Å². The van der Waals surface area contributed by atoms with Crippen molar-refractivity contribution in [2.75, 3.05) is 18.5 Å². The zero-order valence-electron chi connectivity index (χ0n) is 22.5. The van der Waals surface area contributed by atoms with Gasteiger partial charge in [-0.25, -0.2) is 14.6 Å². The van der Waals surface area contributed by atoms with Crippen LogP contribution < -0.4 is 5.32 Å². The number of nitrogens with zero attached hydrogens (tertiary/aromatic N) is 1. The van der Waals surface area contributed by atoms with Crippen LogP contribution in [0.1, 0.15) is 57.3 Å². The Morgan fingerprint density at radius 2 is 1.73 bits per heavy atom. The number of oxazole rings is 1. The summed E-state index contributed by atoms with van der Waals surface area (Å²) < 4.78 is 16.8. The van der Waals surface area contributed by atoms with E-state index in [0.717, 1.165) is 47.9 Å². The summed E-state index contributed by atoms with van der Waals surface area (Å²) in [6, 6.07) is 18.4. The fourth-order valence-electron chi connectivity index (χ4n) is 5.30. The van der Waals surface area contributed by atoms with Crippen LogP contribution in [0.5, 0.6) is 0 Å². The second kappa shape index (κ2) is 11.5. The molecule has 0 saturated heterocycles. The molecule has 208 valence electrons. The summed E-state index contributed by atoms with van der Waals surface area (Å²) in [7, 11) is 0. The number of para-hydroxylation sites is 2. The zero-order chi connectivity index (χ0) is 28.3. The summed E-state index contributed by atoms with van der Waals surface area (Å²) in [5.41, 5.74) is 3.68. The van der Waals surface area contributed by atoms with E-state index in [1.807, 2.05) is 48.5 Å². The van der Waals surface area contributed by atoms with Crippen LogP contribution in [0.25, 0.3) is 33.3 Å². The molecule has 1 aliphatic carbocycles. The standard InChI is InChI=1S/C32H28N2O6S/c1-2-38-32(37)28-20-12-4-3-5-17-25(20)41-30(28)34-26(35)18-39-31(36)22-14-9-11-19-10-8-13-21(27(19)22)29-33-23-15-6-7-16-24(23)40-29/h6-11,13-16H,2-5,12,17-18H2,1H3,(H,34,35). The molecule has 0 bridgehead atoms. The SMILES string of the molecule is CCOC(=O)c1c(NC(=O)COC(=O)c2cccc3cccc(-c4nc5ccccc5o4)c23)sc2c1CCCCC2. The Morgan fingerprint density at radius 3 is 2.56 bits per heavy atom. The number of anilines is 1. The van der Waals surface area contributed by atoms with E-state index in [1.54, 1.807) is 19.1 Å². The number of aromatic nitrogens is 1. The van der Waals surface area contributed by atoms with Crippen molar-refractivity contribution in [3.8, 4) is 11.5 Å². The van der Waals surface area contributed by atoms with Crippen LogP contribution in [-0.2, 0) is 27.1 Å². The minimum absolute atomic E-state index is 0.241. The van der Waals surface area contributed by atoms with Crippen LogP contribution in [0.3, 0.4) is 0 Å². The van der Waals surface area contributed by atoms with Gasteiger partial charge in [0.15, 0.2) is 12.2 Å². The van der Waals surface area contributed by atoms with Crippen LogP contribution in [0.15, 0.2) is 65.1 Å². The maximum atomic E-state index is 13.3. The maximum absolute atomic E-state index is 13.3. The fourth-order valence-corrected chi connectivity index (χ4v) is 6.59. The van der Waals surface area contributed by atoms with E-state index in [2.05, 4.69) is 10.3 Å². The highest BCUT2D eigenvalue weighted by Gasteiger charge is 2.27. The van der Waals surface area contributed by atoms with Crippen LogP contribution in [0.2, 0.25) is 0 Å². The molecular formula is C32H28N2O6S. The third-order valence-electron chi connectivity index (χ3n) is 7.14. The smallest absolute Gasteiger partial charge is 0.341 e. The van der Waals surface area contributed by atoms with E-state index in [0.29, 0.717) is 44.1 Å². The van der Waals surface area contributed by atoms with E-state index < -0.39 is 24.5 Å². The number of fused-ring (bicyclic) bond motifs is 3. The fraction of sp³-hybridized carbons (Fsp3) is 0.250. The predicted octanol–water partition coefficient (Wildman–Crippen LogP) is 6.95. The van der Waals surface area contributed by atoms with Gasteiger partial charge in [-0.3, -0.25) is 4.79 Å². The summed E-state index contributed by atoms with van der Waals surface area (Å²) in [4.78, 5) is 44.8. The Morgan fingerprint density at radius 1 is 0.927 bits per heavy atom. The number of hydrogen-bond donors (Lipinski definition) is 1. The summed E-state index contributed by atoms with van der Waals surface area (Å²) in [6.07, 6.45) is 4.76. The van der Waals surface area contributed by atoms with Gasteiger partial charge in [-0.05, 0) is 67.8 Å². The first-order valence-corrected chi connectivity index (χ1v) is 14.5. The molecule has 0 fully saturated rings. The third-order valence-corrected chi connectivity index (χ3v) is 8.34. The second-order valence-electron chi connectivity index (χ2n) is 9.81. The summed E-state index contributed by atoms with van der Waals surface area (Å²) in [5, 5.41) is 4.68. The van der Waals surface area contributed by atoms with Gasteiger partial charge in [-0.1, -0.05) is 42.8 Å². The number of nitrogens with one attached hydrogen (secondary N) is 1. The van der Waals surface area contributed by atoms with Crippen molar-refractivity contribution >= 4 is 56.1 Å². The lowest BCUT2D eigenvalue weighted by Crippen LogP contribution is -2.22. The monoisotopic (exact) mass is 568 g/mol. The van der Waals surface area contributed by atoms with Crippen LogP contribution >= 0.6 is 11.3 Å². The van der Waals surface area contributed by atoms with Crippen molar-refractivity contribution in [1.29, 1.82) is 0 Å². The van der Waals surface area contributed by atoms with E-state index in [9.17, 15) is 14.4 Å². The minimum Gasteiger partial charge on any atom is -0.462 e. The molecule has 41 heavy (non-hydrogen) atoms. The van der Waals surface area contributed by atoms with Crippen molar-refractivity contribution in [1.82, 2.24) is 4.98 Å². The molecule has 1 aliphatic rings. The molecule has 0 aliphatic heterocycles. The quantitative estimate of drug-likeness (QED) is 0.167. The van der Waals surface area contributed by atoms with Gasteiger partial charge >= 0.3 is 11.9 Å².